The Balaban J connectivity index is 1.74. The number of aryl methyl sites for hydroxylation is 2. The Morgan fingerprint density at radius 3 is 2.32 bits per heavy atom. The van der Waals surface area contributed by atoms with E-state index in [0.29, 0.717) is 44.0 Å². The predicted octanol–water partition coefficient (Wildman–Crippen LogP) is 4.72. The molecule has 0 N–H and O–H groups in total. The molecule has 1 aliphatic rings. The summed E-state index contributed by atoms with van der Waals surface area (Å²) in [5, 5.41) is -0.0380. The molecule has 1 aromatic heterocycles. The molecule has 0 unspecified atom stereocenters. The zero-order valence-corrected chi connectivity index (χ0v) is 16.4. The van der Waals surface area contributed by atoms with Gasteiger partial charge in [0.2, 0.25) is 0 Å². The second-order valence-electron chi connectivity index (χ2n) is 7.04. The van der Waals surface area contributed by atoms with Crippen molar-refractivity contribution in [1.29, 1.82) is 0 Å². The topological polar surface area (TPSA) is 36.4 Å². The lowest BCUT2D eigenvalue weighted by Gasteiger charge is -2.24. The molecule has 4 nitrogen and oxygen atoms in total. The van der Waals surface area contributed by atoms with Crippen LogP contribution in [-0.4, -0.2) is 42.0 Å². The summed E-state index contributed by atoms with van der Waals surface area (Å²) in [6, 6.07) is 6.64. The van der Waals surface area contributed by atoms with Crippen molar-refractivity contribution in [2.75, 3.05) is 31.1 Å². The Kier molecular flexibility index (Phi) is 5.84. The molecule has 3 rings (SSSR count). The lowest BCUT2D eigenvalue weighted by atomic mass is 10.1. The molecule has 1 aliphatic heterocycles. The Morgan fingerprint density at radius 1 is 1.04 bits per heavy atom. The zero-order valence-electron chi connectivity index (χ0n) is 15.7. The van der Waals surface area contributed by atoms with Crippen molar-refractivity contribution in [3.05, 3.63) is 57.7 Å². The number of carbonyl (C=O) groups excluding carboxylic acids is 1. The highest BCUT2D eigenvalue weighted by Crippen LogP contribution is 2.33. The van der Waals surface area contributed by atoms with Crippen LogP contribution < -0.4 is 4.90 Å². The molecule has 0 saturated carbocycles. The van der Waals surface area contributed by atoms with Gasteiger partial charge in [-0.25, -0.2) is 4.98 Å². The normalized spacial score (nSPS) is 15.5. The van der Waals surface area contributed by atoms with Crippen LogP contribution in [0.3, 0.4) is 0 Å². The number of alkyl halides is 3. The third-order valence-electron chi connectivity index (χ3n) is 4.70. The predicted molar refractivity (Wildman–Crippen MR) is 103 cm³/mol. The fourth-order valence-corrected chi connectivity index (χ4v) is 3.72. The first-order chi connectivity index (χ1) is 13.1. The standard InChI is InChI=1S/C20H21ClF3N3O/c1-13-8-14(2)10-15(9-13)19(28)27-5-3-4-26(6-7-27)18-17(21)11-16(12-25-18)20(22,23)24/h8-12H,3-7H2,1-2H3. The SMILES string of the molecule is Cc1cc(C)cc(C(=O)N2CCCN(c3ncc(C(F)(F)F)cc3Cl)CC2)c1. The number of aromatic nitrogens is 1. The highest BCUT2D eigenvalue weighted by atomic mass is 35.5. The Bertz CT molecular complexity index is 865. The van der Waals surface area contributed by atoms with E-state index in [1.807, 2.05) is 36.9 Å². The molecule has 28 heavy (non-hydrogen) atoms. The van der Waals surface area contributed by atoms with Crippen molar-refractivity contribution >= 4 is 23.3 Å². The van der Waals surface area contributed by atoms with E-state index in [9.17, 15) is 18.0 Å². The van der Waals surface area contributed by atoms with E-state index in [1.165, 1.54) is 0 Å². The molecule has 1 fully saturated rings. The first-order valence-corrected chi connectivity index (χ1v) is 9.38. The van der Waals surface area contributed by atoms with Crippen molar-refractivity contribution in [3.63, 3.8) is 0 Å². The molecule has 0 radical (unpaired) electrons. The first kappa shape index (κ1) is 20.5. The van der Waals surface area contributed by atoms with Gasteiger partial charge in [0.15, 0.2) is 0 Å². The average Bonchev–Trinajstić information content (AvgIpc) is 2.85. The number of halogens is 4. The molecule has 0 spiro atoms. The van der Waals surface area contributed by atoms with Gasteiger partial charge in [-0.05, 0) is 38.5 Å². The Morgan fingerprint density at radius 2 is 1.71 bits per heavy atom. The molecule has 1 amide bonds. The van der Waals surface area contributed by atoms with Crippen LogP contribution in [0.1, 0.15) is 33.5 Å². The maximum absolute atomic E-state index is 12.9. The van der Waals surface area contributed by atoms with E-state index in [1.54, 1.807) is 4.90 Å². The molecule has 1 aromatic carbocycles. The van der Waals surface area contributed by atoms with Crippen molar-refractivity contribution in [3.8, 4) is 0 Å². The fraction of sp³-hybridized carbons (Fsp3) is 0.400. The summed E-state index contributed by atoms with van der Waals surface area (Å²) >= 11 is 6.07. The van der Waals surface area contributed by atoms with Gasteiger partial charge in [0, 0.05) is 37.9 Å². The number of nitrogens with zero attached hydrogens (tertiary/aromatic N) is 3. The summed E-state index contributed by atoms with van der Waals surface area (Å²) in [5.74, 6) is 0.274. The maximum atomic E-state index is 12.9. The summed E-state index contributed by atoms with van der Waals surface area (Å²) in [7, 11) is 0. The van der Waals surface area contributed by atoms with Gasteiger partial charge in [-0.15, -0.1) is 0 Å². The van der Waals surface area contributed by atoms with E-state index in [4.69, 9.17) is 11.6 Å². The number of pyridine rings is 1. The van der Waals surface area contributed by atoms with Crippen LogP contribution in [0.15, 0.2) is 30.5 Å². The van der Waals surface area contributed by atoms with Gasteiger partial charge in [-0.3, -0.25) is 4.79 Å². The van der Waals surface area contributed by atoms with Crippen LogP contribution in [0.5, 0.6) is 0 Å². The van der Waals surface area contributed by atoms with Crippen LogP contribution in [0.4, 0.5) is 19.0 Å². The molecule has 0 atom stereocenters. The lowest BCUT2D eigenvalue weighted by molar-refractivity contribution is -0.137. The Hall–Kier alpha value is -2.28. The summed E-state index contributed by atoms with van der Waals surface area (Å²) < 4.78 is 38.4. The highest BCUT2D eigenvalue weighted by molar-refractivity contribution is 6.33. The number of carbonyl (C=O) groups is 1. The molecule has 2 aromatic rings. The smallest absolute Gasteiger partial charge is 0.354 e. The van der Waals surface area contributed by atoms with Gasteiger partial charge in [-0.2, -0.15) is 13.2 Å². The van der Waals surface area contributed by atoms with Crippen LogP contribution in [-0.2, 0) is 6.18 Å². The molecule has 2 heterocycles. The second kappa shape index (κ2) is 7.99. The van der Waals surface area contributed by atoms with E-state index >= 15 is 0 Å². The minimum atomic E-state index is -4.48. The van der Waals surface area contributed by atoms with Crippen molar-refractivity contribution in [2.24, 2.45) is 0 Å². The van der Waals surface area contributed by atoms with Gasteiger partial charge in [0.05, 0.1) is 10.6 Å². The lowest BCUT2D eigenvalue weighted by Crippen LogP contribution is -2.35. The summed E-state index contributed by atoms with van der Waals surface area (Å²) in [6.07, 6.45) is -3.01. The summed E-state index contributed by atoms with van der Waals surface area (Å²) in [4.78, 5) is 20.4. The second-order valence-corrected chi connectivity index (χ2v) is 7.44. The van der Waals surface area contributed by atoms with Gasteiger partial charge >= 0.3 is 6.18 Å². The van der Waals surface area contributed by atoms with Gasteiger partial charge in [0.1, 0.15) is 5.82 Å². The van der Waals surface area contributed by atoms with Crippen molar-refractivity contribution in [1.82, 2.24) is 9.88 Å². The quantitative estimate of drug-likeness (QED) is 0.717. The molecule has 1 saturated heterocycles. The number of amides is 1. The van der Waals surface area contributed by atoms with Crippen LogP contribution in [0, 0.1) is 13.8 Å². The van der Waals surface area contributed by atoms with Crippen LogP contribution in [0.25, 0.3) is 0 Å². The number of benzene rings is 1. The average molecular weight is 412 g/mol. The van der Waals surface area contributed by atoms with Crippen molar-refractivity contribution < 1.29 is 18.0 Å². The molecule has 8 heteroatoms. The highest BCUT2D eigenvalue weighted by Gasteiger charge is 2.32. The summed E-state index contributed by atoms with van der Waals surface area (Å²) in [6.45, 7) is 5.94. The molecular formula is C20H21ClF3N3O. The minimum absolute atomic E-state index is 0.0380. The van der Waals surface area contributed by atoms with E-state index in [2.05, 4.69) is 4.98 Å². The van der Waals surface area contributed by atoms with E-state index in [-0.39, 0.29) is 10.9 Å². The van der Waals surface area contributed by atoms with Gasteiger partial charge in [-0.1, -0.05) is 28.8 Å². The summed E-state index contributed by atoms with van der Waals surface area (Å²) in [5.41, 5.74) is 1.83. The van der Waals surface area contributed by atoms with E-state index < -0.39 is 11.7 Å². The maximum Gasteiger partial charge on any atom is 0.417 e. The van der Waals surface area contributed by atoms with Crippen LogP contribution in [0.2, 0.25) is 5.02 Å². The van der Waals surface area contributed by atoms with Gasteiger partial charge in [0.25, 0.3) is 5.91 Å². The number of anilines is 1. The largest absolute Gasteiger partial charge is 0.417 e. The first-order valence-electron chi connectivity index (χ1n) is 9.00. The third kappa shape index (κ3) is 4.58. The van der Waals surface area contributed by atoms with Gasteiger partial charge < -0.3 is 9.80 Å². The van der Waals surface area contributed by atoms with Crippen molar-refractivity contribution in [2.45, 2.75) is 26.4 Å². The third-order valence-corrected chi connectivity index (χ3v) is 4.98. The Labute approximate surface area is 166 Å². The molecule has 0 aliphatic carbocycles. The number of hydrogen-bond acceptors (Lipinski definition) is 3. The minimum Gasteiger partial charge on any atom is -0.354 e. The molecule has 0 bridgehead atoms. The number of rotatable bonds is 2. The molecule has 150 valence electrons. The molecular weight excluding hydrogens is 391 g/mol. The monoisotopic (exact) mass is 411 g/mol. The van der Waals surface area contributed by atoms with Crippen LogP contribution >= 0.6 is 11.6 Å². The fourth-order valence-electron chi connectivity index (χ4n) is 3.43. The van der Waals surface area contributed by atoms with E-state index in [0.717, 1.165) is 23.4 Å². The zero-order chi connectivity index (χ0) is 20.5. The number of hydrogen-bond donors (Lipinski definition) is 0.